The lowest BCUT2D eigenvalue weighted by atomic mass is 10.2. The zero-order valence-corrected chi connectivity index (χ0v) is 10.8. The summed E-state index contributed by atoms with van der Waals surface area (Å²) in [7, 11) is 1.79. The second-order valence-corrected chi connectivity index (χ2v) is 5.12. The van der Waals surface area contributed by atoms with E-state index >= 15 is 0 Å². The van der Waals surface area contributed by atoms with E-state index in [4.69, 9.17) is 4.52 Å². The molecule has 1 aliphatic rings. The normalized spacial score (nSPS) is 21.2. The van der Waals surface area contributed by atoms with E-state index in [0.717, 1.165) is 17.4 Å². The molecule has 1 fully saturated rings. The quantitative estimate of drug-likeness (QED) is 0.627. The second-order valence-electron chi connectivity index (χ2n) is 3.97. The highest BCUT2D eigenvalue weighted by Crippen LogP contribution is 2.16. The Bertz CT molecular complexity index is 346. The fourth-order valence-corrected chi connectivity index (χ4v) is 2.82. The van der Waals surface area contributed by atoms with Crippen molar-refractivity contribution in [2.45, 2.75) is 25.4 Å². The Morgan fingerprint density at radius 2 is 2.65 bits per heavy atom. The number of nitrogens with one attached hydrogen (secondary N) is 2. The minimum absolute atomic E-state index is 0.525. The van der Waals surface area contributed by atoms with Gasteiger partial charge in [0.1, 0.15) is 12.0 Å². The first-order valence-electron chi connectivity index (χ1n) is 5.82. The summed E-state index contributed by atoms with van der Waals surface area (Å²) in [4.78, 5) is 4.21. The van der Waals surface area contributed by atoms with E-state index in [1.165, 1.54) is 18.6 Å². The van der Waals surface area contributed by atoms with Gasteiger partial charge >= 0.3 is 0 Å². The third kappa shape index (κ3) is 3.96. The van der Waals surface area contributed by atoms with E-state index in [1.54, 1.807) is 13.3 Å². The van der Waals surface area contributed by atoms with Gasteiger partial charge in [-0.15, -0.1) is 0 Å². The van der Waals surface area contributed by atoms with Crippen LogP contribution in [0.2, 0.25) is 0 Å². The van der Waals surface area contributed by atoms with Crippen LogP contribution in [-0.4, -0.2) is 35.7 Å². The average Bonchev–Trinajstić information content (AvgIpc) is 2.89. The number of thioether (sulfide) groups is 1. The lowest BCUT2D eigenvalue weighted by molar-refractivity contribution is 0.410. The number of aromatic nitrogens is 1. The number of hydrogen-bond acceptors (Lipinski definition) is 4. The molecule has 2 rings (SSSR count). The maximum atomic E-state index is 4.78. The van der Waals surface area contributed by atoms with Crippen molar-refractivity contribution in [3.8, 4) is 0 Å². The SMILES string of the molecule is CN=C(NCc1ccon1)NC1CCCSC1. The number of nitrogens with zero attached hydrogens (tertiary/aromatic N) is 2. The molecule has 0 radical (unpaired) electrons. The minimum atomic E-state index is 0.525. The predicted octanol–water partition coefficient (Wildman–Crippen LogP) is 1.24. The molecule has 94 valence electrons. The third-order valence-corrected chi connectivity index (χ3v) is 3.87. The van der Waals surface area contributed by atoms with Crippen molar-refractivity contribution in [3.05, 3.63) is 18.0 Å². The van der Waals surface area contributed by atoms with E-state index in [0.29, 0.717) is 12.6 Å². The van der Waals surface area contributed by atoms with E-state index in [1.807, 2.05) is 17.8 Å². The highest BCUT2D eigenvalue weighted by atomic mass is 32.2. The summed E-state index contributed by atoms with van der Waals surface area (Å²) in [6, 6.07) is 2.37. The topological polar surface area (TPSA) is 62.5 Å². The summed E-state index contributed by atoms with van der Waals surface area (Å²) in [5.74, 6) is 3.27. The maximum absolute atomic E-state index is 4.78. The van der Waals surface area contributed by atoms with Gasteiger partial charge in [0.2, 0.25) is 0 Å². The van der Waals surface area contributed by atoms with Gasteiger partial charge in [-0.05, 0) is 18.6 Å². The molecular formula is C11H18N4OS. The fraction of sp³-hybridized carbons (Fsp3) is 0.636. The van der Waals surface area contributed by atoms with Crippen LogP contribution in [0.15, 0.2) is 21.8 Å². The molecule has 1 saturated heterocycles. The Morgan fingerprint density at radius 1 is 1.71 bits per heavy atom. The van der Waals surface area contributed by atoms with Crippen LogP contribution in [0.3, 0.4) is 0 Å². The highest BCUT2D eigenvalue weighted by molar-refractivity contribution is 7.99. The summed E-state index contributed by atoms with van der Waals surface area (Å²) in [5, 5.41) is 10.5. The van der Waals surface area contributed by atoms with Crippen molar-refractivity contribution in [1.82, 2.24) is 15.8 Å². The number of hydrogen-bond donors (Lipinski definition) is 2. The van der Waals surface area contributed by atoms with Crippen molar-refractivity contribution in [2.24, 2.45) is 4.99 Å². The molecule has 17 heavy (non-hydrogen) atoms. The molecule has 0 spiro atoms. The molecule has 5 nitrogen and oxygen atoms in total. The molecule has 1 aliphatic heterocycles. The number of aliphatic imine (C=N–C) groups is 1. The van der Waals surface area contributed by atoms with Gasteiger partial charge in [0.05, 0.1) is 6.54 Å². The van der Waals surface area contributed by atoms with E-state index in [9.17, 15) is 0 Å². The van der Waals surface area contributed by atoms with Crippen molar-refractivity contribution in [2.75, 3.05) is 18.6 Å². The zero-order valence-electron chi connectivity index (χ0n) is 9.98. The maximum Gasteiger partial charge on any atom is 0.191 e. The molecule has 0 bridgehead atoms. The molecule has 0 amide bonds. The van der Waals surface area contributed by atoms with Gasteiger partial charge in [0.15, 0.2) is 5.96 Å². The monoisotopic (exact) mass is 254 g/mol. The van der Waals surface area contributed by atoms with Crippen LogP contribution < -0.4 is 10.6 Å². The number of guanidine groups is 1. The van der Waals surface area contributed by atoms with Crippen molar-refractivity contribution < 1.29 is 4.52 Å². The smallest absolute Gasteiger partial charge is 0.191 e. The summed E-state index contributed by atoms with van der Waals surface area (Å²) in [6.07, 6.45) is 4.07. The summed E-state index contributed by atoms with van der Waals surface area (Å²) < 4.78 is 4.78. The van der Waals surface area contributed by atoms with Crippen LogP contribution in [0, 0.1) is 0 Å². The van der Waals surface area contributed by atoms with Gasteiger partial charge in [-0.2, -0.15) is 11.8 Å². The Hall–Kier alpha value is -1.17. The van der Waals surface area contributed by atoms with Gasteiger partial charge < -0.3 is 15.2 Å². The first kappa shape index (κ1) is 12.3. The minimum Gasteiger partial charge on any atom is -0.364 e. The summed E-state index contributed by atoms with van der Waals surface area (Å²) in [5.41, 5.74) is 0.881. The summed E-state index contributed by atoms with van der Waals surface area (Å²) >= 11 is 2.00. The van der Waals surface area contributed by atoms with Crippen LogP contribution >= 0.6 is 11.8 Å². The van der Waals surface area contributed by atoms with E-state index in [-0.39, 0.29) is 0 Å². The molecular weight excluding hydrogens is 236 g/mol. The first-order chi connectivity index (χ1) is 8.38. The lowest BCUT2D eigenvalue weighted by Crippen LogP contribution is -2.45. The van der Waals surface area contributed by atoms with Crippen LogP contribution in [-0.2, 0) is 6.54 Å². The first-order valence-corrected chi connectivity index (χ1v) is 6.98. The molecule has 6 heteroatoms. The van der Waals surface area contributed by atoms with E-state index in [2.05, 4.69) is 20.8 Å². The Morgan fingerprint density at radius 3 is 3.29 bits per heavy atom. The Kier molecular flexibility index (Phi) is 4.73. The molecule has 1 aromatic heterocycles. The molecule has 0 aromatic carbocycles. The van der Waals surface area contributed by atoms with Crippen molar-refractivity contribution >= 4 is 17.7 Å². The van der Waals surface area contributed by atoms with Gasteiger partial charge in [-0.25, -0.2) is 0 Å². The van der Waals surface area contributed by atoms with E-state index < -0.39 is 0 Å². The second kappa shape index (κ2) is 6.54. The van der Waals surface area contributed by atoms with Gasteiger partial charge in [0.25, 0.3) is 0 Å². The van der Waals surface area contributed by atoms with Crippen molar-refractivity contribution in [1.29, 1.82) is 0 Å². The van der Waals surface area contributed by atoms with Gasteiger partial charge in [-0.3, -0.25) is 4.99 Å². The molecule has 1 unspecified atom stereocenters. The Labute approximate surface area is 105 Å². The summed E-state index contributed by atoms with van der Waals surface area (Å²) in [6.45, 7) is 0.635. The average molecular weight is 254 g/mol. The predicted molar refractivity (Wildman–Crippen MR) is 70.2 cm³/mol. The molecule has 0 saturated carbocycles. The number of rotatable bonds is 3. The molecule has 0 aliphatic carbocycles. The third-order valence-electron chi connectivity index (χ3n) is 2.65. The molecule has 1 atom stereocenters. The lowest BCUT2D eigenvalue weighted by Gasteiger charge is -2.24. The highest BCUT2D eigenvalue weighted by Gasteiger charge is 2.14. The van der Waals surface area contributed by atoms with Crippen LogP contribution in [0.25, 0.3) is 0 Å². The molecule has 2 heterocycles. The van der Waals surface area contributed by atoms with Gasteiger partial charge in [0, 0.05) is 24.9 Å². The Balaban J connectivity index is 1.76. The molecule has 1 aromatic rings. The standard InChI is InChI=1S/C11H18N4OS/c1-12-11(13-7-9-4-5-16-15-9)14-10-3-2-6-17-8-10/h4-5,10H,2-3,6-8H2,1H3,(H2,12,13,14). The largest absolute Gasteiger partial charge is 0.364 e. The van der Waals surface area contributed by atoms with Gasteiger partial charge in [-0.1, -0.05) is 5.16 Å². The van der Waals surface area contributed by atoms with Crippen LogP contribution in [0.1, 0.15) is 18.5 Å². The fourth-order valence-electron chi connectivity index (χ4n) is 1.75. The van der Waals surface area contributed by atoms with Crippen LogP contribution in [0.4, 0.5) is 0 Å². The molecule has 2 N–H and O–H groups in total. The van der Waals surface area contributed by atoms with Crippen molar-refractivity contribution in [3.63, 3.8) is 0 Å². The zero-order chi connectivity index (χ0) is 11.9. The van der Waals surface area contributed by atoms with Crippen LogP contribution in [0.5, 0.6) is 0 Å².